The molecule has 2 N–H and O–H groups in total. The van der Waals surface area contributed by atoms with E-state index >= 15 is 0 Å². The molecule has 0 radical (unpaired) electrons. The van der Waals surface area contributed by atoms with Crippen LogP contribution in [-0.2, 0) is 16.0 Å². The number of nitrogens with one attached hydrogen (secondary N) is 2. The first kappa shape index (κ1) is 22.5. The summed E-state index contributed by atoms with van der Waals surface area (Å²) in [6.45, 7) is 8.31. The number of hydrogen-bond acceptors (Lipinski definition) is 5. The summed E-state index contributed by atoms with van der Waals surface area (Å²) in [5.74, 6) is -0.0574. The summed E-state index contributed by atoms with van der Waals surface area (Å²) in [6, 6.07) is 15.4. The van der Waals surface area contributed by atoms with Crippen molar-refractivity contribution in [1.82, 2.24) is 9.97 Å². The molecule has 0 saturated carbocycles. The maximum atomic E-state index is 13.0. The van der Waals surface area contributed by atoms with E-state index in [-0.39, 0.29) is 18.2 Å². The zero-order valence-electron chi connectivity index (χ0n) is 19.5. The largest absolute Gasteiger partial charge is 0.326 e. The molecule has 4 rings (SSSR count). The first-order chi connectivity index (χ1) is 15.8. The van der Waals surface area contributed by atoms with E-state index in [2.05, 4.69) is 27.5 Å². The van der Waals surface area contributed by atoms with E-state index in [1.54, 1.807) is 4.90 Å². The van der Waals surface area contributed by atoms with Crippen LogP contribution < -0.4 is 15.5 Å². The molecule has 0 bridgehead atoms. The minimum atomic E-state index is -0.402. The molecule has 1 aliphatic rings. The molecule has 0 aliphatic carbocycles. The van der Waals surface area contributed by atoms with Gasteiger partial charge >= 0.3 is 0 Å². The number of rotatable bonds is 6. The molecule has 1 saturated heterocycles. The van der Waals surface area contributed by atoms with Crippen molar-refractivity contribution in [1.29, 1.82) is 0 Å². The van der Waals surface area contributed by atoms with E-state index in [9.17, 15) is 9.59 Å². The van der Waals surface area contributed by atoms with Crippen LogP contribution in [0.15, 0.2) is 48.5 Å². The van der Waals surface area contributed by atoms with Gasteiger partial charge in [-0.25, -0.2) is 9.97 Å². The van der Waals surface area contributed by atoms with Gasteiger partial charge in [0.2, 0.25) is 17.8 Å². The van der Waals surface area contributed by atoms with Gasteiger partial charge in [-0.2, -0.15) is 0 Å². The topological polar surface area (TPSA) is 87.2 Å². The van der Waals surface area contributed by atoms with Crippen LogP contribution in [0.5, 0.6) is 0 Å². The summed E-state index contributed by atoms with van der Waals surface area (Å²) in [7, 11) is 0. The molecule has 1 aliphatic heterocycles. The Balaban J connectivity index is 1.46. The smallest absolute Gasteiger partial charge is 0.229 e. The van der Waals surface area contributed by atoms with Gasteiger partial charge in [0.05, 0.1) is 5.92 Å². The molecule has 7 nitrogen and oxygen atoms in total. The van der Waals surface area contributed by atoms with Crippen LogP contribution in [0.4, 0.5) is 23.0 Å². The van der Waals surface area contributed by atoms with Crippen LogP contribution in [0.1, 0.15) is 35.9 Å². The Morgan fingerprint density at radius 3 is 2.45 bits per heavy atom. The Morgan fingerprint density at radius 1 is 1.03 bits per heavy atom. The lowest BCUT2D eigenvalue weighted by molar-refractivity contribution is -0.122. The molecule has 1 fully saturated rings. The number of nitrogens with zero attached hydrogens (tertiary/aromatic N) is 3. The Labute approximate surface area is 194 Å². The molecule has 33 heavy (non-hydrogen) atoms. The van der Waals surface area contributed by atoms with Crippen molar-refractivity contribution in [2.75, 3.05) is 22.1 Å². The van der Waals surface area contributed by atoms with Crippen molar-refractivity contribution in [2.24, 2.45) is 5.92 Å². The second-order valence-corrected chi connectivity index (χ2v) is 8.51. The highest BCUT2D eigenvalue weighted by Crippen LogP contribution is 2.32. The number of carbonyl (C=O) groups excluding carboxylic acids is 2. The first-order valence-electron chi connectivity index (χ1n) is 11.2. The lowest BCUT2D eigenvalue weighted by Crippen LogP contribution is -2.29. The van der Waals surface area contributed by atoms with E-state index in [1.165, 1.54) is 0 Å². The predicted octanol–water partition coefficient (Wildman–Crippen LogP) is 4.70. The maximum Gasteiger partial charge on any atom is 0.229 e. The molecule has 7 heteroatoms. The number of aromatic nitrogens is 2. The third kappa shape index (κ3) is 5.03. The number of anilines is 4. The van der Waals surface area contributed by atoms with Crippen LogP contribution >= 0.6 is 0 Å². The lowest BCUT2D eigenvalue weighted by atomic mass is 10.0. The molecular formula is C26H29N5O2. The fraction of sp³-hybridized carbons (Fsp3) is 0.308. The van der Waals surface area contributed by atoms with E-state index in [0.29, 0.717) is 18.2 Å². The zero-order chi connectivity index (χ0) is 23.5. The molecule has 1 unspecified atom stereocenters. The third-order valence-electron chi connectivity index (χ3n) is 5.84. The lowest BCUT2D eigenvalue weighted by Gasteiger charge is -2.22. The van der Waals surface area contributed by atoms with Gasteiger partial charge in [-0.3, -0.25) is 9.59 Å². The number of hydrogen-bond donors (Lipinski definition) is 2. The van der Waals surface area contributed by atoms with Gasteiger partial charge in [0, 0.05) is 41.4 Å². The van der Waals surface area contributed by atoms with Gasteiger partial charge in [0.15, 0.2) is 0 Å². The van der Waals surface area contributed by atoms with E-state index < -0.39 is 5.92 Å². The average Bonchev–Trinajstić information content (AvgIpc) is 3.14. The second kappa shape index (κ2) is 9.40. The Kier molecular flexibility index (Phi) is 6.40. The predicted molar refractivity (Wildman–Crippen MR) is 131 cm³/mol. The van der Waals surface area contributed by atoms with E-state index in [1.807, 2.05) is 69.3 Å². The second-order valence-electron chi connectivity index (χ2n) is 8.51. The molecule has 170 valence electrons. The van der Waals surface area contributed by atoms with Crippen LogP contribution in [0.3, 0.4) is 0 Å². The van der Waals surface area contributed by atoms with Crippen LogP contribution in [0, 0.1) is 26.7 Å². The summed E-state index contributed by atoms with van der Waals surface area (Å²) >= 11 is 0. The monoisotopic (exact) mass is 443 g/mol. The minimum absolute atomic E-state index is 0.0125. The van der Waals surface area contributed by atoms with Crippen molar-refractivity contribution in [3.63, 3.8) is 0 Å². The Morgan fingerprint density at radius 2 is 1.73 bits per heavy atom. The van der Waals surface area contributed by atoms with Crippen molar-refractivity contribution in [3.05, 3.63) is 71.0 Å². The fourth-order valence-electron chi connectivity index (χ4n) is 4.32. The van der Waals surface area contributed by atoms with Crippen molar-refractivity contribution in [2.45, 2.75) is 40.5 Å². The number of para-hydroxylation sites is 1. The number of aryl methyl sites for hydroxylation is 4. The average molecular weight is 444 g/mol. The summed E-state index contributed by atoms with van der Waals surface area (Å²) in [5.41, 5.74) is 6.31. The maximum absolute atomic E-state index is 13.0. The van der Waals surface area contributed by atoms with E-state index in [0.717, 1.165) is 40.3 Å². The zero-order valence-corrected chi connectivity index (χ0v) is 19.5. The SMILES string of the molecule is CCc1cccc(C)c1N1CC(C(=O)Nc2cccc(Nc3nc(C)cc(C)n3)c2)CC1=O. The van der Waals surface area contributed by atoms with Crippen LogP contribution in [0.2, 0.25) is 0 Å². The van der Waals surface area contributed by atoms with Gasteiger partial charge in [0.25, 0.3) is 0 Å². The number of carbonyl (C=O) groups is 2. The Hall–Kier alpha value is -3.74. The van der Waals surface area contributed by atoms with Gasteiger partial charge in [-0.15, -0.1) is 0 Å². The van der Waals surface area contributed by atoms with Crippen LogP contribution in [-0.4, -0.2) is 28.3 Å². The van der Waals surface area contributed by atoms with Crippen LogP contribution in [0.25, 0.3) is 0 Å². The first-order valence-corrected chi connectivity index (χ1v) is 11.2. The highest BCUT2D eigenvalue weighted by Gasteiger charge is 2.36. The normalized spacial score (nSPS) is 15.6. The van der Waals surface area contributed by atoms with Crippen molar-refractivity contribution >= 4 is 34.8 Å². The quantitative estimate of drug-likeness (QED) is 0.577. The van der Waals surface area contributed by atoms with Gasteiger partial charge < -0.3 is 15.5 Å². The molecular weight excluding hydrogens is 414 g/mol. The minimum Gasteiger partial charge on any atom is -0.326 e. The Bertz CT molecular complexity index is 1190. The molecule has 1 aromatic heterocycles. The van der Waals surface area contributed by atoms with Gasteiger partial charge in [-0.05, 0) is 62.6 Å². The van der Waals surface area contributed by atoms with Crippen molar-refractivity contribution in [3.8, 4) is 0 Å². The number of benzene rings is 2. The summed E-state index contributed by atoms with van der Waals surface area (Å²) in [5, 5.41) is 6.16. The molecule has 2 amide bonds. The standard InChI is InChI=1S/C26H29N5O2/c1-5-19-9-6-8-16(2)24(19)31-15-20(13-23(31)32)25(33)29-21-10-7-11-22(14-21)30-26-27-17(3)12-18(4)28-26/h6-12,14,20H,5,13,15H2,1-4H3,(H,29,33)(H,27,28,30). The molecule has 1 atom stereocenters. The number of amides is 2. The van der Waals surface area contributed by atoms with Gasteiger partial charge in [-0.1, -0.05) is 31.2 Å². The highest BCUT2D eigenvalue weighted by molar-refractivity contribution is 6.04. The summed E-state index contributed by atoms with van der Waals surface area (Å²) in [6.07, 6.45) is 1.04. The fourth-order valence-corrected chi connectivity index (χ4v) is 4.32. The van der Waals surface area contributed by atoms with Crippen molar-refractivity contribution < 1.29 is 9.59 Å². The third-order valence-corrected chi connectivity index (χ3v) is 5.84. The highest BCUT2D eigenvalue weighted by atomic mass is 16.2. The molecule has 3 aromatic rings. The summed E-state index contributed by atoms with van der Waals surface area (Å²) in [4.78, 5) is 36.4. The molecule has 2 heterocycles. The molecule has 0 spiro atoms. The molecule has 2 aromatic carbocycles. The van der Waals surface area contributed by atoms with Gasteiger partial charge in [0.1, 0.15) is 0 Å². The van der Waals surface area contributed by atoms with E-state index in [4.69, 9.17) is 0 Å². The summed E-state index contributed by atoms with van der Waals surface area (Å²) < 4.78 is 0.